The fourth-order valence-electron chi connectivity index (χ4n) is 1.81. The molecule has 0 spiro atoms. The van der Waals surface area contributed by atoms with E-state index in [-0.39, 0.29) is 18.0 Å². The molecule has 0 bridgehead atoms. The number of anilines is 1. The van der Waals surface area contributed by atoms with Gasteiger partial charge in [-0.25, -0.2) is 4.98 Å². The fraction of sp³-hybridized carbons (Fsp3) is 0.267. The van der Waals surface area contributed by atoms with Crippen molar-refractivity contribution in [1.82, 2.24) is 9.55 Å². The summed E-state index contributed by atoms with van der Waals surface area (Å²) in [6.45, 7) is 5.25. The van der Waals surface area contributed by atoms with Crippen molar-refractivity contribution in [2.75, 3.05) is 5.32 Å². The first-order valence-corrected chi connectivity index (χ1v) is 6.85. The summed E-state index contributed by atoms with van der Waals surface area (Å²) >= 11 is 6.00. The normalized spacial score (nSPS) is 10.5. The van der Waals surface area contributed by atoms with Gasteiger partial charge in [0.15, 0.2) is 0 Å². The zero-order valence-corrected chi connectivity index (χ0v) is 12.9. The van der Waals surface area contributed by atoms with Crippen LogP contribution in [0.2, 0.25) is 5.02 Å². The summed E-state index contributed by atoms with van der Waals surface area (Å²) in [5.74, 6) is -0.304. The van der Waals surface area contributed by atoms with Crippen LogP contribution in [0.25, 0.3) is 0 Å². The van der Waals surface area contributed by atoms with Gasteiger partial charge in [0.05, 0.1) is 6.33 Å². The number of aromatic nitrogens is 2. The highest BCUT2D eigenvalue weighted by Gasteiger charge is 2.09. The van der Waals surface area contributed by atoms with Crippen molar-refractivity contribution in [2.45, 2.75) is 27.3 Å². The SMILES string of the molecule is Cc1ccc(NC(=O)Cn2cnc(C)c(C)c2=O)cc1Cl. The molecular weight excluding hydrogens is 290 g/mol. The Balaban J connectivity index is 2.14. The average Bonchev–Trinajstić information content (AvgIpc) is 2.44. The standard InChI is InChI=1S/C15H16ClN3O2/c1-9-4-5-12(6-13(9)16)18-14(20)7-19-8-17-11(3)10(2)15(19)21/h4-6,8H,7H2,1-3H3,(H,18,20). The topological polar surface area (TPSA) is 64.0 Å². The van der Waals surface area contributed by atoms with Gasteiger partial charge in [-0.15, -0.1) is 0 Å². The maximum atomic E-state index is 12.0. The third kappa shape index (κ3) is 3.49. The van der Waals surface area contributed by atoms with E-state index in [1.807, 2.05) is 13.0 Å². The van der Waals surface area contributed by atoms with Gasteiger partial charge in [0.1, 0.15) is 6.54 Å². The van der Waals surface area contributed by atoms with Crippen LogP contribution in [0.4, 0.5) is 5.69 Å². The van der Waals surface area contributed by atoms with E-state index < -0.39 is 0 Å². The number of benzene rings is 1. The van der Waals surface area contributed by atoms with Crippen LogP contribution in [0.1, 0.15) is 16.8 Å². The number of amides is 1. The second-order valence-electron chi connectivity index (χ2n) is 4.90. The monoisotopic (exact) mass is 305 g/mol. The van der Waals surface area contributed by atoms with E-state index in [2.05, 4.69) is 10.3 Å². The molecule has 0 aliphatic rings. The molecule has 1 N–H and O–H groups in total. The lowest BCUT2D eigenvalue weighted by atomic mass is 10.2. The highest BCUT2D eigenvalue weighted by atomic mass is 35.5. The summed E-state index contributed by atoms with van der Waals surface area (Å²) in [5, 5.41) is 3.29. The van der Waals surface area contributed by atoms with Crippen molar-refractivity contribution in [2.24, 2.45) is 0 Å². The predicted octanol–water partition coefficient (Wildman–Crippen LogP) is 2.46. The van der Waals surface area contributed by atoms with Gasteiger partial charge in [-0.2, -0.15) is 0 Å². The van der Waals surface area contributed by atoms with Gasteiger partial charge in [0.25, 0.3) is 5.56 Å². The molecule has 110 valence electrons. The number of rotatable bonds is 3. The summed E-state index contributed by atoms with van der Waals surface area (Å²) in [7, 11) is 0. The molecular formula is C15H16ClN3O2. The second kappa shape index (κ2) is 6.10. The molecule has 1 amide bonds. The van der Waals surface area contributed by atoms with Crippen LogP contribution >= 0.6 is 11.6 Å². The minimum absolute atomic E-state index is 0.0849. The molecule has 21 heavy (non-hydrogen) atoms. The molecule has 0 saturated heterocycles. The molecule has 2 aromatic rings. The molecule has 6 heteroatoms. The number of hydrogen-bond donors (Lipinski definition) is 1. The number of aryl methyl sites for hydroxylation is 2. The van der Waals surface area contributed by atoms with Crippen LogP contribution in [0, 0.1) is 20.8 Å². The first kappa shape index (κ1) is 15.3. The predicted molar refractivity (Wildman–Crippen MR) is 82.8 cm³/mol. The quantitative estimate of drug-likeness (QED) is 0.947. The Kier molecular flexibility index (Phi) is 4.43. The number of hydrogen-bond acceptors (Lipinski definition) is 3. The molecule has 0 fully saturated rings. The molecule has 1 heterocycles. The maximum Gasteiger partial charge on any atom is 0.256 e. The van der Waals surface area contributed by atoms with Crippen molar-refractivity contribution < 1.29 is 4.79 Å². The molecule has 2 rings (SSSR count). The van der Waals surface area contributed by atoms with E-state index in [0.29, 0.717) is 22.0 Å². The van der Waals surface area contributed by atoms with Crippen molar-refractivity contribution in [3.8, 4) is 0 Å². The lowest BCUT2D eigenvalue weighted by Gasteiger charge is -2.09. The van der Waals surface area contributed by atoms with E-state index in [1.54, 1.807) is 26.0 Å². The molecule has 0 saturated carbocycles. The summed E-state index contributed by atoms with van der Waals surface area (Å²) in [4.78, 5) is 28.1. The maximum absolute atomic E-state index is 12.0. The minimum Gasteiger partial charge on any atom is -0.324 e. The van der Waals surface area contributed by atoms with E-state index in [4.69, 9.17) is 11.6 Å². The molecule has 0 atom stereocenters. The van der Waals surface area contributed by atoms with Gasteiger partial charge in [0.2, 0.25) is 5.91 Å². The molecule has 0 unspecified atom stereocenters. The highest BCUT2D eigenvalue weighted by molar-refractivity contribution is 6.31. The Hall–Kier alpha value is -2.14. The van der Waals surface area contributed by atoms with Gasteiger partial charge in [0, 0.05) is 22.0 Å². The van der Waals surface area contributed by atoms with Crippen LogP contribution in [0.15, 0.2) is 29.3 Å². The van der Waals surface area contributed by atoms with Crippen molar-refractivity contribution in [3.63, 3.8) is 0 Å². The van der Waals surface area contributed by atoms with Crippen LogP contribution in [0.5, 0.6) is 0 Å². The zero-order valence-electron chi connectivity index (χ0n) is 12.1. The fourth-order valence-corrected chi connectivity index (χ4v) is 1.99. The number of carbonyl (C=O) groups excluding carboxylic acids is 1. The van der Waals surface area contributed by atoms with Crippen molar-refractivity contribution in [1.29, 1.82) is 0 Å². The average molecular weight is 306 g/mol. The summed E-state index contributed by atoms with van der Waals surface area (Å²) in [5.41, 5.74) is 2.54. The summed E-state index contributed by atoms with van der Waals surface area (Å²) < 4.78 is 1.29. The highest BCUT2D eigenvalue weighted by Crippen LogP contribution is 2.19. The smallest absolute Gasteiger partial charge is 0.256 e. The van der Waals surface area contributed by atoms with Crippen LogP contribution < -0.4 is 10.9 Å². The molecule has 0 aliphatic carbocycles. The minimum atomic E-state index is -0.304. The van der Waals surface area contributed by atoms with Crippen LogP contribution in [-0.4, -0.2) is 15.5 Å². The van der Waals surface area contributed by atoms with Gasteiger partial charge in [-0.1, -0.05) is 17.7 Å². The molecule has 0 aliphatic heterocycles. The number of halogens is 1. The Labute approximate surface area is 127 Å². The van der Waals surface area contributed by atoms with E-state index in [1.165, 1.54) is 10.9 Å². The molecule has 1 aromatic heterocycles. The Morgan fingerprint density at radius 3 is 2.71 bits per heavy atom. The molecule has 5 nitrogen and oxygen atoms in total. The van der Waals surface area contributed by atoms with Gasteiger partial charge in [-0.3, -0.25) is 14.2 Å². The lowest BCUT2D eigenvalue weighted by molar-refractivity contribution is -0.116. The van der Waals surface area contributed by atoms with E-state index >= 15 is 0 Å². The first-order valence-electron chi connectivity index (χ1n) is 6.47. The number of carbonyl (C=O) groups is 1. The summed E-state index contributed by atoms with van der Waals surface area (Å²) in [6, 6.07) is 5.26. The Bertz CT molecular complexity index is 753. The third-order valence-corrected chi connectivity index (χ3v) is 3.69. The molecule has 1 aromatic carbocycles. The lowest BCUT2D eigenvalue weighted by Crippen LogP contribution is -2.29. The van der Waals surface area contributed by atoms with Gasteiger partial charge in [-0.05, 0) is 38.5 Å². The van der Waals surface area contributed by atoms with Crippen LogP contribution in [-0.2, 0) is 11.3 Å². The third-order valence-electron chi connectivity index (χ3n) is 3.28. The van der Waals surface area contributed by atoms with E-state index in [9.17, 15) is 9.59 Å². The Morgan fingerprint density at radius 2 is 2.05 bits per heavy atom. The van der Waals surface area contributed by atoms with Gasteiger partial charge >= 0.3 is 0 Å². The van der Waals surface area contributed by atoms with E-state index in [0.717, 1.165) is 5.56 Å². The second-order valence-corrected chi connectivity index (χ2v) is 5.31. The van der Waals surface area contributed by atoms with Crippen molar-refractivity contribution >= 4 is 23.2 Å². The first-order chi connectivity index (χ1) is 9.88. The largest absolute Gasteiger partial charge is 0.324 e. The van der Waals surface area contributed by atoms with Gasteiger partial charge < -0.3 is 5.32 Å². The van der Waals surface area contributed by atoms with Crippen molar-refractivity contribution in [3.05, 3.63) is 56.7 Å². The number of nitrogens with one attached hydrogen (secondary N) is 1. The number of nitrogens with zero attached hydrogens (tertiary/aromatic N) is 2. The summed E-state index contributed by atoms with van der Waals surface area (Å²) in [6.07, 6.45) is 1.38. The van der Waals surface area contributed by atoms with Crippen LogP contribution in [0.3, 0.4) is 0 Å². The zero-order chi connectivity index (χ0) is 15.6. The Morgan fingerprint density at radius 1 is 1.33 bits per heavy atom. The molecule has 0 radical (unpaired) electrons.